The highest BCUT2D eigenvalue weighted by Gasteiger charge is 2.48. The number of piperidine rings is 1. The summed E-state index contributed by atoms with van der Waals surface area (Å²) in [5.41, 5.74) is -0.749. The minimum Gasteiger partial charge on any atom is -0.446 e. The summed E-state index contributed by atoms with van der Waals surface area (Å²) >= 11 is 0. The van der Waals surface area contributed by atoms with E-state index in [4.69, 9.17) is 4.74 Å². The Bertz CT molecular complexity index is 348. The van der Waals surface area contributed by atoms with Gasteiger partial charge in [0.25, 0.3) is 0 Å². The maximum Gasteiger partial charge on any atom is 0.407 e. The number of urea groups is 1. The molecular weight excluding hydrogens is 246 g/mol. The molecule has 0 atom stereocenters. The van der Waals surface area contributed by atoms with Gasteiger partial charge in [-0.3, -0.25) is 0 Å². The van der Waals surface area contributed by atoms with Crippen molar-refractivity contribution < 1.29 is 14.3 Å². The number of likely N-dealkylation sites (tertiary alicyclic amines) is 1. The van der Waals surface area contributed by atoms with Crippen LogP contribution in [-0.2, 0) is 4.74 Å². The summed E-state index contributed by atoms with van der Waals surface area (Å²) in [5.74, 6) is 0. The smallest absolute Gasteiger partial charge is 0.407 e. The predicted molar refractivity (Wildman–Crippen MR) is 73.0 cm³/mol. The fourth-order valence-electron chi connectivity index (χ4n) is 3.14. The van der Waals surface area contributed by atoms with E-state index in [-0.39, 0.29) is 23.2 Å². The Balaban J connectivity index is 2.93. The first kappa shape index (κ1) is 15.6. The predicted octanol–water partition coefficient (Wildman–Crippen LogP) is 1.70. The van der Waals surface area contributed by atoms with Crippen LogP contribution in [0.15, 0.2) is 0 Å². The lowest BCUT2D eigenvalue weighted by Crippen LogP contribution is -2.66. The number of amides is 3. The number of carbonyl (C=O) groups is 2. The van der Waals surface area contributed by atoms with E-state index < -0.39 is 6.09 Å². The summed E-state index contributed by atoms with van der Waals surface area (Å²) in [6.45, 7) is 7.96. The highest BCUT2D eigenvalue weighted by molar-refractivity contribution is 5.76. The van der Waals surface area contributed by atoms with Crippen LogP contribution < -0.4 is 10.6 Å². The maximum atomic E-state index is 12.1. The van der Waals surface area contributed by atoms with Gasteiger partial charge < -0.3 is 20.3 Å². The monoisotopic (exact) mass is 271 g/mol. The molecule has 6 heteroatoms. The van der Waals surface area contributed by atoms with Gasteiger partial charge in [-0.05, 0) is 27.7 Å². The summed E-state index contributed by atoms with van der Waals surface area (Å²) in [6.07, 6.45) is 0.630. The molecule has 0 unspecified atom stereocenters. The molecular formula is C13H25N3O3. The third-order valence-corrected chi connectivity index (χ3v) is 3.56. The molecule has 2 N–H and O–H groups in total. The van der Waals surface area contributed by atoms with Crippen LogP contribution >= 0.6 is 0 Å². The van der Waals surface area contributed by atoms with E-state index in [1.165, 1.54) is 7.05 Å². The van der Waals surface area contributed by atoms with Crippen LogP contribution in [0.2, 0.25) is 0 Å². The SMILES string of the molecule is CNC(=O)OC1CC(C)(C)N(C(=O)NC)C(C)(C)C1. The topological polar surface area (TPSA) is 70.7 Å². The molecule has 1 aliphatic rings. The fraction of sp³-hybridized carbons (Fsp3) is 0.846. The molecule has 6 nitrogen and oxygen atoms in total. The van der Waals surface area contributed by atoms with Crippen molar-refractivity contribution >= 4 is 12.1 Å². The molecule has 0 bridgehead atoms. The Labute approximate surface area is 114 Å². The Hall–Kier alpha value is -1.46. The van der Waals surface area contributed by atoms with Gasteiger partial charge in [-0.15, -0.1) is 0 Å². The summed E-state index contributed by atoms with van der Waals surface area (Å²) in [6, 6.07) is -0.103. The van der Waals surface area contributed by atoms with E-state index in [0.29, 0.717) is 12.8 Å². The van der Waals surface area contributed by atoms with Gasteiger partial charge in [-0.25, -0.2) is 9.59 Å². The lowest BCUT2D eigenvalue weighted by Gasteiger charge is -2.54. The van der Waals surface area contributed by atoms with E-state index in [2.05, 4.69) is 10.6 Å². The average molecular weight is 271 g/mol. The molecule has 1 rings (SSSR count). The number of rotatable bonds is 1. The zero-order valence-electron chi connectivity index (χ0n) is 12.7. The number of ether oxygens (including phenoxy) is 1. The molecule has 3 amide bonds. The average Bonchev–Trinajstić information content (AvgIpc) is 2.24. The minimum absolute atomic E-state index is 0.103. The molecule has 0 radical (unpaired) electrons. The van der Waals surface area contributed by atoms with Gasteiger partial charge in [0.05, 0.1) is 0 Å². The number of hydrogen-bond acceptors (Lipinski definition) is 3. The van der Waals surface area contributed by atoms with Crippen molar-refractivity contribution in [3.63, 3.8) is 0 Å². The Morgan fingerprint density at radius 1 is 1.05 bits per heavy atom. The molecule has 1 fully saturated rings. The van der Waals surface area contributed by atoms with Crippen LogP contribution in [0.5, 0.6) is 0 Å². The van der Waals surface area contributed by atoms with Gasteiger partial charge in [0.2, 0.25) is 0 Å². The van der Waals surface area contributed by atoms with Crippen LogP contribution in [0.4, 0.5) is 9.59 Å². The van der Waals surface area contributed by atoms with Gasteiger partial charge in [0.15, 0.2) is 0 Å². The van der Waals surface area contributed by atoms with Crippen molar-refractivity contribution in [2.24, 2.45) is 0 Å². The summed E-state index contributed by atoms with van der Waals surface area (Å²) in [5, 5.41) is 5.14. The standard InChI is InChI=1S/C13H25N3O3/c1-12(2)7-9(19-11(18)15-6)8-13(3,4)16(12)10(17)14-5/h9H,7-8H2,1-6H3,(H,14,17)(H,15,18). The van der Waals surface area contributed by atoms with E-state index in [0.717, 1.165) is 0 Å². The highest BCUT2D eigenvalue weighted by Crippen LogP contribution is 2.39. The lowest BCUT2D eigenvalue weighted by molar-refractivity contribution is -0.0546. The molecule has 110 valence electrons. The van der Waals surface area contributed by atoms with Crippen LogP contribution in [-0.4, -0.2) is 48.3 Å². The van der Waals surface area contributed by atoms with Crippen molar-refractivity contribution in [1.29, 1.82) is 0 Å². The van der Waals surface area contributed by atoms with E-state index >= 15 is 0 Å². The zero-order valence-corrected chi connectivity index (χ0v) is 12.7. The Morgan fingerprint density at radius 2 is 1.53 bits per heavy atom. The number of alkyl carbamates (subject to hydrolysis) is 1. The molecule has 0 spiro atoms. The van der Waals surface area contributed by atoms with Gasteiger partial charge in [0.1, 0.15) is 6.10 Å². The Kier molecular flexibility index (Phi) is 4.32. The number of carbonyl (C=O) groups excluding carboxylic acids is 2. The molecule has 0 aromatic rings. The Morgan fingerprint density at radius 3 is 1.89 bits per heavy atom. The normalized spacial score (nSPS) is 21.7. The van der Waals surface area contributed by atoms with Crippen molar-refractivity contribution in [2.75, 3.05) is 14.1 Å². The maximum absolute atomic E-state index is 12.1. The van der Waals surface area contributed by atoms with E-state index in [9.17, 15) is 9.59 Å². The summed E-state index contributed by atoms with van der Waals surface area (Å²) in [4.78, 5) is 25.3. The largest absolute Gasteiger partial charge is 0.446 e. The summed E-state index contributed by atoms with van der Waals surface area (Å²) in [7, 11) is 3.17. The van der Waals surface area contributed by atoms with Crippen LogP contribution in [0.1, 0.15) is 40.5 Å². The van der Waals surface area contributed by atoms with Crippen molar-refractivity contribution in [2.45, 2.75) is 57.7 Å². The third-order valence-electron chi connectivity index (χ3n) is 3.56. The van der Waals surface area contributed by atoms with Crippen molar-refractivity contribution in [1.82, 2.24) is 15.5 Å². The number of nitrogens with zero attached hydrogens (tertiary/aromatic N) is 1. The number of nitrogens with one attached hydrogen (secondary N) is 2. The quantitative estimate of drug-likeness (QED) is 0.762. The van der Waals surface area contributed by atoms with Crippen LogP contribution in [0.25, 0.3) is 0 Å². The third kappa shape index (κ3) is 3.30. The molecule has 0 aromatic heterocycles. The van der Waals surface area contributed by atoms with Gasteiger partial charge in [0, 0.05) is 38.0 Å². The molecule has 1 saturated heterocycles. The lowest BCUT2D eigenvalue weighted by atomic mass is 9.78. The zero-order chi connectivity index (χ0) is 14.8. The first-order valence-corrected chi connectivity index (χ1v) is 6.54. The fourth-order valence-corrected chi connectivity index (χ4v) is 3.14. The van der Waals surface area contributed by atoms with Crippen LogP contribution in [0, 0.1) is 0 Å². The van der Waals surface area contributed by atoms with Crippen LogP contribution in [0.3, 0.4) is 0 Å². The summed E-state index contributed by atoms with van der Waals surface area (Å²) < 4.78 is 5.37. The second kappa shape index (κ2) is 5.27. The highest BCUT2D eigenvalue weighted by atomic mass is 16.6. The van der Waals surface area contributed by atoms with Crippen molar-refractivity contribution in [3.8, 4) is 0 Å². The first-order valence-electron chi connectivity index (χ1n) is 6.54. The van der Waals surface area contributed by atoms with E-state index in [1.54, 1.807) is 7.05 Å². The molecule has 0 saturated carbocycles. The first-order chi connectivity index (χ1) is 8.64. The molecule has 0 aliphatic carbocycles. The number of hydrogen-bond donors (Lipinski definition) is 2. The minimum atomic E-state index is -0.426. The van der Waals surface area contributed by atoms with Gasteiger partial charge in [-0.1, -0.05) is 0 Å². The molecule has 0 aromatic carbocycles. The van der Waals surface area contributed by atoms with Gasteiger partial charge in [-0.2, -0.15) is 0 Å². The molecule has 1 aliphatic heterocycles. The van der Waals surface area contributed by atoms with Crippen molar-refractivity contribution in [3.05, 3.63) is 0 Å². The molecule has 19 heavy (non-hydrogen) atoms. The van der Waals surface area contributed by atoms with E-state index in [1.807, 2.05) is 32.6 Å². The second-order valence-electron chi connectivity index (χ2n) is 6.20. The second-order valence-corrected chi connectivity index (χ2v) is 6.20. The van der Waals surface area contributed by atoms with Gasteiger partial charge >= 0.3 is 12.1 Å². The molecule has 1 heterocycles.